The van der Waals surface area contributed by atoms with Gasteiger partial charge in [-0.3, -0.25) is 4.79 Å². The van der Waals surface area contributed by atoms with Crippen molar-refractivity contribution < 1.29 is 27.5 Å². The molecule has 0 bridgehead atoms. The van der Waals surface area contributed by atoms with Gasteiger partial charge in [-0.25, -0.2) is 4.79 Å². The maximum atomic E-state index is 11.8. The van der Waals surface area contributed by atoms with Crippen LogP contribution in [0.2, 0.25) is 0 Å². The Balaban J connectivity index is 2.25. The van der Waals surface area contributed by atoms with Crippen molar-refractivity contribution >= 4 is 11.8 Å². The summed E-state index contributed by atoms with van der Waals surface area (Å²) >= 11 is 0. The molecule has 0 fully saturated rings. The Morgan fingerprint density at radius 2 is 1.67 bits per heavy atom. The van der Waals surface area contributed by atoms with Gasteiger partial charge in [0.25, 0.3) is 0 Å². The van der Waals surface area contributed by atoms with Crippen molar-refractivity contribution in [2.45, 2.75) is 32.0 Å². The molecule has 0 radical (unpaired) electrons. The molecule has 0 aliphatic rings. The third-order valence-corrected chi connectivity index (χ3v) is 2.78. The summed E-state index contributed by atoms with van der Waals surface area (Å²) in [6.45, 7) is -0.395. The fraction of sp³-hybridized carbons (Fsp3) is 0.429. The number of ether oxygens (including phenoxy) is 1. The summed E-state index contributed by atoms with van der Waals surface area (Å²) in [5.74, 6) is -2.88. The first-order valence-corrected chi connectivity index (χ1v) is 6.36. The molecule has 1 aromatic rings. The molecule has 0 aromatic heterocycles. The number of halogens is 3. The molecule has 0 aliphatic heterocycles. The maximum Gasteiger partial charge on any atom is 0.490 e. The highest BCUT2D eigenvalue weighted by Gasteiger charge is 2.41. The third kappa shape index (κ3) is 6.40. The van der Waals surface area contributed by atoms with E-state index in [0.717, 1.165) is 11.1 Å². The summed E-state index contributed by atoms with van der Waals surface area (Å²) in [5.41, 5.74) is 7.46. The van der Waals surface area contributed by atoms with Gasteiger partial charge < -0.3 is 10.5 Å². The van der Waals surface area contributed by atoms with Crippen molar-refractivity contribution in [3.63, 3.8) is 0 Å². The van der Waals surface area contributed by atoms with E-state index in [1.807, 2.05) is 24.3 Å². The Morgan fingerprint density at radius 1 is 1.10 bits per heavy atom. The minimum absolute atomic E-state index is 0.0593. The summed E-state index contributed by atoms with van der Waals surface area (Å²) in [6, 6.07) is 7.53. The second-order valence-electron chi connectivity index (χ2n) is 4.49. The van der Waals surface area contributed by atoms with Crippen LogP contribution >= 0.6 is 0 Å². The number of rotatable bonds is 7. The Kier molecular flexibility index (Phi) is 6.36. The van der Waals surface area contributed by atoms with Crippen LogP contribution < -0.4 is 5.73 Å². The molecule has 2 N–H and O–H groups in total. The number of nitrogens with two attached hydrogens (primary N) is 1. The number of carbonyl (C=O) groups is 2. The van der Waals surface area contributed by atoms with Crippen LogP contribution in [0.25, 0.3) is 0 Å². The molecule has 0 saturated heterocycles. The molecule has 21 heavy (non-hydrogen) atoms. The van der Waals surface area contributed by atoms with Crippen LogP contribution in [0.5, 0.6) is 0 Å². The SMILES string of the molecule is NCc1ccc(CCCC(=O)COC(=O)C(F)(F)F)cc1. The van der Waals surface area contributed by atoms with Gasteiger partial charge in [0.1, 0.15) is 6.61 Å². The second-order valence-corrected chi connectivity index (χ2v) is 4.49. The van der Waals surface area contributed by atoms with Gasteiger partial charge >= 0.3 is 12.1 Å². The molecule has 0 saturated carbocycles. The van der Waals surface area contributed by atoms with Crippen molar-refractivity contribution in [3.8, 4) is 0 Å². The Bertz CT molecular complexity index is 483. The molecule has 0 unspecified atom stereocenters. The van der Waals surface area contributed by atoms with Gasteiger partial charge in [-0.1, -0.05) is 24.3 Å². The van der Waals surface area contributed by atoms with Gasteiger partial charge in [0.2, 0.25) is 0 Å². The topological polar surface area (TPSA) is 69.4 Å². The van der Waals surface area contributed by atoms with Crippen LogP contribution in [0, 0.1) is 0 Å². The van der Waals surface area contributed by atoms with Gasteiger partial charge in [-0.2, -0.15) is 13.2 Å². The zero-order chi connectivity index (χ0) is 15.9. The van der Waals surface area contributed by atoms with Crippen LogP contribution in [-0.2, 0) is 27.3 Å². The Labute approximate surface area is 120 Å². The lowest BCUT2D eigenvalue weighted by molar-refractivity contribution is -0.199. The van der Waals surface area contributed by atoms with Crippen molar-refractivity contribution in [1.29, 1.82) is 0 Å². The quantitative estimate of drug-likeness (QED) is 0.784. The van der Waals surface area contributed by atoms with Gasteiger partial charge in [0.05, 0.1) is 0 Å². The molecule has 0 amide bonds. The summed E-state index contributed by atoms with van der Waals surface area (Å²) < 4.78 is 39.4. The van der Waals surface area contributed by atoms with E-state index in [4.69, 9.17) is 5.73 Å². The highest BCUT2D eigenvalue weighted by Crippen LogP contribution is 2.16. The lowest BCUT2D eigenvalue weighted by atomic mass is 10.1. The van der Waals surface area contributed by atoms with E-state index >= 15 is 0 Å². The fourth-order valence-electron chi connectivity index (χ4n) is 1.63. The summed E-state index contributed by atoms with van der Waals surface area (Å²) in [4.78, 5) is 21.7. The lowest BCUT2D eigenvalue weighted by Gasteiger charge is -2.06. The van der Waals surface area contributed by atoms with Crippen LogP contribution in [0.4, 0.5) is 13.2 Å². The van der Waals surface area contributed by atoms with Gasteiger partial charge in [0, 0.05) is 13.0 Å². The van der Waals surface area contributed by atoms with E-state index in [0.29, 0.717) is 19.4 Å². The molecule has 4 nitrogen and oxygen atoms in total. The highest BCUT2D eigenvalue weighted by molar-refractivity contribution is 5.83. The van der Waals surface area contributed by atoms with Crippen molar-refractivity contribution in [1.82, 2.24) is 0 Å². The first-order valence-electron chi connectivity index (χ1n) is 6.36. The molecule has 0 heterocycles. The van der Waals surface area contributed by atoms with Crippen LogP contribution in [0.3, 0.4) is 0 Å². The zero-order valence-electron chi connectivity index (χ0n) is 11.3. The second kappa shape index (κ2) is 7.78. The molecular formula is C14H16F3NO3. The number of hydrogen-bond acceptors (Lipinski definition) is 4. The average molecular weight is 303 g/mol. The summed E-state index contributed by atoms with van der Waals surface area (Å²) in [5, 5.41) is 0. The number of benzene rings is 1. The smallest absolute Gasteiger partial charge is 0.451 e. The minimum Gasteiger partial charge on any atom is -0.451 e. The standard InChI is InChI=1S/C14H16F3NO3/c15-14(16,17)13(20)21-9-12(19)3-1-2-10-4-6-11(8-18)7-5-10/h4-7H,1-3,8-9,18H2. The number of alkyl halides is 3. The predicted molar refractivity (Wildman–Crippen MR) is 69.3 cm³/mol. The molecule has 7 heteroatoms. The van der Waals surface area contributed by atoms with E-state index in [-0.39, 0.29) is 6.42 Å². The Morgan fingerprint density at radius 3 is 2.19 bits per heavy atom. The van der Waals surface area contributed by atoms with E-state index in [1.54, 1.807) is 0 Å². The predicted octanol–water partition coefficient (Wildman–Crippen LogP) is 2.14. The fourth-order valence-corrected chi connectivity index (χ4v) is 1.63. The van der Waals surface area contributed by atoms with Crippen molar-refractivity contribution in [2.24, 2.45) is 5.73 Å². The molecule has 0 spiro atoms. The average Bonchev–Trinajstić information content (AvgIpc) is 2.44. The van der Waals surface area contributed by atoms with Crippen LogP contribution in [-0.4, -0.2) is 24.5 Å². The molecule has 1 rings (SSSR count). The number of carbonyl (C=O) groups excluding carboxylic acids is 2. The van der Waals surface area contributed by atoms with Crippen molar-refractivity contribution in [3.05, 3.63) is 35.4 Å². The van der Waals surface area contributed by atoms with Gasteiger partial charge in [0.15, 0.2) is 5.78 Å². The van der Waals surface area contributed by atoms with Crippen LogP contribution in [0.1, 0.15) is 24.0 Å². The first kappa shape index (κ1) is 17.2. The monoisotopic (exact) mass is 303 g/mol. The first-order chi connectivity index (χ1) is 9.82. The number of Topliss-reactive ketones (excluding diaryl/α,β-unsaturated/α-hetero) is 1. The lowest BCUT2D eigenvalue weighted by Crippen LogP contribution is -2.27. The molecular weight excluding hydrogens is 287 g/mol. The maximum absolute atomic E-state index is 11.8. The van der Waals surface area contributed by atoms with E-state index in [1.165, 1.54) is 0 Å². The molecule has 0 aliphatic carbocycles. The summed E-state index contributed by atoms with van der Waals surface area (Å²) in [7, 11) is 0. The molecule has 0 atom stereocenters. The largest absolute Gasteiger partial charge is 0.490 e. The van der Waals surface area contributed by atoms with Crippen LogP contribution in [0.15, 0.2) is 24.3 Å². The van der Waals surface area contributed by atoms with Crippen molar-refractivity contribution in [2.75, 3.05) is 6.61 Å². The number of ketones is 1. The van der Waals surface area contributed by atoms with E-state index < -0.39 is 24.5 Å². The number of aryl methyl sites for hydroxylation is 1. The third-order valence-electron chi connectivity index (χ3n) is 2.78. The normalized spacial score (nSPS) is 11.2. The van der Waals surface area contributed by atoms with E-state index in [2.05, 4.69) is 4.74 Å². The number of hydrogen-bond donors (Lipinski definition) is 1. The minimum atomic E-state index is -5.06. The number of esters is 1. The molecule has 116 valence electrons. The van der Waals surface area contributed by atoms with E-state index in [9.17, 15) is 22.8 Å². The molecule has 1 aromatic carbocycles. The summed E-state index contributed by atoms with van der Waals surface area (Å²) in [6.07, 6.45) is -3.91. The highest BCUT2D eigenvalue weighted by atomic mass is 19.4. The van der Waals surface area contributed by atoms with Gasteiger partial charge in [-0.15, -0.1) is 0 Å². The Hall–Kier alpha value is -1.89. The zero-order valence-corrected chi connectivity index (χ0v) is 11.3. The van der Waals surface area contributed by atoms with Gasteiger partial charge in [-0.05, 0) is 24.0 Å².